The van der Waals surface area contributed by atoms with Crippen LogP contribution in [0.4, 0.5) is 0 Å². The van der Waals surface area contributed by atoms with Gasteiger partial charge in [-0.2, -0.15) is 0 Å². The number of esters is 2. The highest BCUT2D eigenvalue weighted by Gasteiger charge is 2.37. The Kier molecular flexibility index (Phi) is 6.27. The Morgan fingerprint density at radius 2 is 1.24 bits per heavy atom. The molecule has 0 fully saturated rings. The predicted octanol–water partition coefficient (Wildman–Crippen LogP) is 4.01. The van der Waals surface area contributed by atoms with Crippen LogP contribution in [0.2, 0.25) is 0 Å². The smallest absolute Gasteiger partial charge is 0.337 e. The number of nitrogens with one attached hydrogen (secondary N) is 1. The van der Waals surface area contributed by atoms with Gasteiger partial charge in [-0.05, 0) is 62.3 Å². The summed E-state index contributed by atoms with van der Waals surface area (Å²) < 4.78 is 11.1. The maximum Gasteiger partial charge on any atom is 0.337 e. The molecular formula is C20H31NO4. The number of carbonyl (C=O) groups is 2. The third kappa shape index (κ3) is 5.76. The normalized spacial score (nSPS) is 17.0. The van der Waals surface area contributed by atoms with Crippen LogP contribution in [0.1, 0.15) is 62.3 Å². The van der Waals surface area contributed by atoms with Gasteiger partial charge in [0, 0.05) is 17.3 Å². The largest absolute Gasteiger partial charge is 0.457 e. The number of ether oxygens (including phenoxy) is 2. The van der Waals surface area contributed by atoms with E-state index >= 15 is 0 Å². The monoisotopic (exact) mass is 349 g/mol. The lowest BCUT2D eigenvalue weighted by Gasteiger charge is -2.31. The third-order valence-electron chi connectivity index (χ3n) is 3.43. The molecule has 1 N–H and O–H groups in total. The van der Waals surface area contributed by atoms with Crippen molar-refractivity contribution in [2.75, 3.05) is 0 Å². The average molecular weight is 349 g/mol. The van der Waals surface area contributed by atoms with E-state index in [1.807, 2.05) is 74.5 Å². The first kappa shape index (κ1) is 21.0. The van der Waals surface area contributed by atoms with Crippen molar-refractivity contribution in [1.82, 2.24) is 5.32 Å². The molecule has 0 amide bonds. The summed E-state index contributed by atoms with van der Waals surface area (Å²) in [5.74, 6) is -1.38. The summed E-state index contributed by atoms with van der Waals surface area (Å²) in [4.78, 5) is 25.5. The minimum atomic E-state index is -0.618. The second-order valence-electron chi connectivity index (χ2n) is 8.21. The number of hydrogen-bond acceptors (Lipinski definition) is 5. The van der Waals surface area contributed by atoms with Crippen LogP contribution in [0, 0.1) is 5.92 Å². The van der Waals surface area contributed by atoms with Gasteiger partial charge in [-0.25, -0.2) is 9.59 Å². The zero-order chi connectivity index (χ0) is 19.6. The number of rotatable bonds is 3. The van der Waals surface area contributed by atoms with Gasteiger partial charge < -0.3 is 14.8 Å². The van der Waals surface area contributed by atoms with Crippen LogP contribution >= 0.6 is 0 Å². The molecule has 5 heteroatoms. The van der Waals surface area contributed by atoms with Crippen LogP contribution in [0.5, 0.6) is 0 Å². The lowest BCUT2D eigenvalue weighted by molar-refractivity contribution is -0.151. The first-order valence-corrected chi connectivity index (χ1v) is 8.55. The summed E-state index contributed by atoms with van der Waals surface area (Å²) in [5.41, 5.74) is 0.989. The SMILES string of the molecule is C/C=C/C1C(C(=O)OC(C)(C)C)=C(C)NC(C)=C1C(=O)OC(C)(C)C. The fourth-order valence-electron chi connectivity index (χ4n) is 2.64. The van der Waals surface area contributed by atoms with E-state index in [0.717, 1.165) is 0 Å². The first-order chi connectivity index (χ1) is 11.3. The molecule has 5 nitrogen and oxygen atoms in total. The summed E-state index contributed by atoms with van der Waals surface area (Å²) in [6.45, 7) is 16.4. The molecule has 0 aromatic rings. The molecule has 0 saturated carbocycles. The van der Waals surface area contributed by atoms with E-state index < -0.39 is 29.1 Å². The molecule has 0 bridgehead atoms. The van der Waals surface area contributed by atoms with E-state index in [9.17, 15) is 9.59 Å². The highest BCUT2D eigenvalue weighted by molar-refractivity contribution is 5.98. The van der Waals surface area contributed by atoms with Crippen molar-refractivity contribution >= 4 is 11.9 Å². The Morgan fingerprint density at radius 3 is 1.52 bits per heavy atom. The van der Waals surface area contributed by atoms with E-state index in [4.69, 9.17) is 9.47 Å². The standard InChI is InChI=1S/C20H31NO4/c1-10-11-14-15(17(22)24-19(4,5)6)12(2)21-13(3)16(14)18(23)25-20(7,8)9/h10-11,14,21H,1-9H3/b11-10+. The molecule has 0 spiro atoms. The van der Waals surface area contributed by atoms with Crippen molar-refractivity contribution in [3.8, 4) is 0 Å². The minimum Gasteiger partial charge on any atom is -0.457 e. The van der Waals surface area contributed by atoms with E-state index in [0.29, 0.717) is 22.5 Å². The Hall–Kier alpha value is -2.04. The predicted molar refractivity (Wildman–Crippen MR) is 98.5 cm³/mol. The molecule has 0 aliphatic carbocycles. The fraction of sp³-hybridized carbons (Fsp3) is 0.600. The van der Waals surface area contributed by atoms with Gasteiger partial charge in [0.1, 0.15) is 11.2 Å². The van der Waals surface area contributed by atoms with E-state index in [2.05, 4.69) is 5.32 Å². The van der Waals surface area contributed by atoms with Gasteiger partial charge in [0.15, 0.2) is 0 Å². The molecular weight excluding hydrogens is 318 g/mol. The van der Waals surface area contributed by atoms with Gasteiger partial charge in [0.2, 0.25) is 0 Å². The van der Waals surface area contributed by atoms with Gasteiger partial charge in [0.05, 0.1) is 11.1 Å². The maximum atomic E-state index is 12.7. The van der Waals surface area contributed by atoms with Crippen LogP contribution in [0.15, 0.2) is 34.7 Å². The number of allylic oxidation sites excluding steroid dienone is 4. The highest BCUT2D eigenvalue weighted by atomic mass is 16.6. The zero-order valence-corrected chi connectivity index (χ0v) is 16.9. The van der Waals surface area contributed by atoms with Crippen LogP contribution < -0.4 is 5.32 Å². The van der Waals surface area contributed by atoms with Crippen molar-refractivity contribution in [3.63, 3.8) is 0 Å². The molecule has 0 unspecified atom stereocenters. The van der Waals surface area contributed by atoms with Crippen LogP contribution in [-0.2, 0) is 19.1 Å². The maximum absolute atomic E-state index is 12.7. The minimum absolute atomic E-state index is 0.430. The van der Waals surface area contributed by atoms with Crippen molar-refractivity contribution < 1.29 is 19.1 Å². The second kappa shape index (κ2) is 7.46. The van der Waals surface area contributed by atoms with Gasteiger partial charge in [0.25, 0.3) is 0 Å². The van der Waals surface area contributed by atoms with Crippen molar-refractivity contribution in [3.05, 3.63) is 34.7 Å². The van der Waals surface area contributed by atoms with Crippen molar-refractivity contribution in [2.24, 2.45) is 5.92 Å². The molecule has 0 aromatic heterocycles. The highest BCUT2D eigenvalue weighted by Crippen LogP contribution is 2.34. The molecule has 0 radical (unpaired) electrons. The van der Waals surface area contributed by atoms with E-state index in [1.54, 1.807) is 0 Å². The summed E-state index contributed by atoms with van der Waals surface area (Å²) in [6.07, 6.45) is 3.65. The lowest BCUT2D eigenvalue weighted by Crippen LogP contribution is -2.36. The zero-order valence-electron chi connectivity index (χ0n) is 16.9. The van der Waals surface area contributed by atoms with E-state index in [1.165, 1.54) is 0 Å². The average Bonchev–Trinajstić information content (AvgIpc) is 2.33. The topological polar surface area (TPSA) is 64.6 Å². The van der Waals surface area contributed by atoms with Crippen LogP contribution in [0.3, 0.4) is 0 Å². The molecule has 0 saturated heterocycles. The molecule has 0 atom stereocenters. The fourth-order valence-corrected chi connectivity index (χ4v) is 2.64. The lowest BCUT2D eigenvalue weighted by atomic mass is 9.85. The van der Waals surface area contributed by atoms with Gasteiger partial charge in [-0.1, -0.05) is 12.2 Å². The number of dihydropyridines is 1. The second-order valence-corrected chi connectivity index (χ2v) is 8.21. The van der Waals surface area contributed by atoms with Gasteiger partial charge in [-0.3, -0.25) is 0 Å². The molecule has 1 aliphatic rings. The summed E-state index contributed by atoms with van der Waals surface area (Å²) in [5, 5.41) is 3.12. The molecule has 1 heterocycles. The van der Waals surface area contributed by atoms with Crippen LogP contribution in [-0.4, -0.2) is 23.1 Å². The van der Waals surface area contributed by atoms with Crippen molar-refractivity contribution in [1.29, 1.82) is 0 Å². The third-order valence-corrected chi connectivity index (χ3v) is 3.43. The molecule has 25 heavy (non-hydrogen) atoms. The van der Waals surface area contributed by atoms with Gasteiger partial charge >= 0.3 is 11.9 Å². The van der Waals surface area contributed by atoms with Gasteiger partial charge in [-0.15, -0.1) is 0 Å². The van der Waals surface area contributed by atoms with Crippen molar-refractivity contribution in [2.45, 2.75) is 73.5 Å². The quantitative estimate of drug-likeness (QED) is 0.616. The molecule has 140 valence electrons. The molecule has 1 rings (SSSR count). The number of hydrogen-bond donors (Lipinski definition) is 1. The first-order valence-electron chi connectivity index (χ1n) is 8.55. The summed E-state index contributed by atoms with van der Waals surface area (Å²) in [7, 11) is 0. The van der Waals surface area contributed by atoms with Crippen LogP contribution in [0.25, 0.3) is 0 Å². The molecule has 1 aliphatic heterocycles. The Balaban J connectivity index is 3.34. The molecule has 0 aromatic carbocycles. The Bertz CT molecular complexity index is 590. The Labute approximate surface area is 151 Å². The summed E-state index contributed by atoms with van der Waals surface area (Å²) >= 11 is 0. The number of carbonyl (C=O) groups excluding carboxylic acids is 2. The Morgan fingerprint density at radius 1 is 0.880 bits per heavy atom. The van der Waals surface area contributed by atoms with E-state index in [-0.39, 0.29) is 0 Å². The summed E-state index contributed by atoms with van der Waals surface area (Å²) in [6, 6.07) is 0.